The molecule has 2 rings (SSSR count). The van der Waals surface area contributed by atoms with Crippen molar-refractivity contribution in [1.29, 1.82) is 0 Å². The van der Waals surface area contributed by atoms with Crippen molar-refractivity contribution in [3.8, 4) is 5.75 Å². The second-order valence-electron chi connectivity index (χ2n) is 4.31. The topological polar surface area (TPSA) is 60.2 Å². The van der Waals surface area contributed by atoms with Gasteiger partial charge in [0.05, 0.1) is 12.2 Å². The Balaban J connectivity index is 1.91. The van der Waals surface area contributed by atoms with Gasteiger partial charge in [0.1, 0.15) is 12.4 Å². The number of aliphatic hydroxyl groups is 1. The Bertz CT molecular complexity index is 631. The molecule has 0 amide bonds. The van der Waals surface area contributed by atoms with Gasteiger partial charge in [-0.2, -0.15) is 13.2 Å². The van der Waals surface area contributed by atoms with E-state index in [0.717, 1.165) is 6.07 Å². The molecule has 0 saturated carbocycles. The van der Waals surface area contributed by atoms with Gasteiger partial charge < -0.3 is 14.4 Å². The molecule has 0 atom stereocenters. The lowest BCUT2D eigenvalue weighted by atomic mass is 10.2. The highest BCUT2D eigenvalue weighted by Gasteiger charge is 2.33. The van der Waals surface area contributed by atoms with Crippen LogP contribution in [-0.4, -0.2) is 32.2 Å². The van der Waals surface area contributed by atoms with Gasteiger partial charge in [-0.05, 0) is 12.1 Å². The molecule has 2 aromatic rings. The lowest BCUT2D eigenvalue weighted by Crippen LogP contribution is -2.10. The van der Waals surface area contributed by atoms with Crippen molar-refractivity contribution in [3.05, 3.63) is 35.7 Å². The van der Waals surface area contributed by atoms with Crippen LogP contribution in [0.3, 0.4) is 0 Å². The Morgan fingerprint density at radius 2 is 2.00 bits per heavy atom. The van der Waals surface area contributed by atoms with Crippen molar-refractivity contribution in [2.45, 2.75) is 17.9 Å². The van der Waals surface area contributed by atoms with Gasteiger partial charge in [-0.1, -0.05) is 23.9 Å². The minimum Gasteiger partial charge on any atom is -0.492 e. The van der Waals surface area contributed by atoms with Crippen LogP contribution in [0.1, 0.15) is 11.4 Å². The summed E-state index contributed by atoms with van der Waals surface area (Å²) in [6.45, 7) is -0.126. The molecule has 0 aliphatic heterocycles. The zero-order chi connectivity index (χ0) is 16.2. The van der Waals surface area contributed by atoms with Crippen LogP contribution in [0.15, 0.2) is 29.4 Å². The van der Waals surface area contributed by atoms with E-state index in [0.29, 0.717) is 16.7 Å². The summed E-state index contributed by atoms with van der Waals surface area (Å²) in [7, 11) is 1.70. The molecule has 0 spiro atoms. The minimum atomic E-state index is -4.44. The largest absolute Gasteiger partial charge is 0.492 e. The number of benzene rings is 1. The van der Waals surface area contributed by atoms with Crippen LogP contribution in [0.2, 0.25) is 0 Å². The van der Waals surface area contributed by atoms with Gasteiger partial charge in [0, 0.05) is 12.8 Å². The van der Waals surface area contributed by atoms with E-state index in [4.69, 9.17) is 9.84 Å². The van der Waals surface area contributed by atoms with Crippen LogP contribution in [0.5, 0.6) is 5.75 Å². The third-order valence-electron chi connectivity index (χ3n) is 2.83. The third-order valence-corrected chi connectivity index (χ3v) is 3.82. The maximum atomic E-state index is 12.8. The van der Waals surface area contributed by atoms with E-state index in [9.17, 15) is 13.2 Å². The van der Waals surface area contributed by atoms with Crippen LogP contribution in [0.4, 0.5) is 13.2 Å². The Hall–Kier alpha value is -1.74. The Morgan fingerprint density at radius 1 is 1.27 bits per heavy atom. The first kappa shape index (κ1) is 16.6. The predicted molar refractivity (Wildman–Crippen MR) is 74.6 cm³/mol. The minimum absolute atomic E-state index is 0.0963. The van der Waals surface area contributed by atoms with Crippen molar-refractivity contribution < 1.29 is 23.0 Å². The summed E-state index contributed by atoms with van der Waals surface area (Å²) in [4.78, 5) is 0. The van der Waals surface area contributed by atoms with E-state index < -0.39 is 11.7 Å². The van der Waals surface area contributed by atoms with Gasteiger partial charge in [-0.3, -0.25) is 0 Å². The molecular formula is C13H14F3N3O2S. The number of hydrogen-bond donors (Lipinski definition) is 1. The van der Waals surface area contributed by atoms with Crippen molar-refractivity contribution in [3.63, 3.8) is 0 Å². The average Bonchev–Trinajstić information content (AvgIpc) is 2.83. The maximum absolute atomic E-state index is 12.8. The van der Waals surface area contributed by atoms with E-state index in [2.05, 4.69) is 10.2 Å². The quantitative estimate of drug-likeness (QED) is 0.650. The molecule has 1 aromatic heterocycles. The lowest BCUT2D eigenvalue weighted by Gasteiger charge is -2.13. The summed E-state index contributed by atoms with van der Waals surface area (Å²) in [5.74, 6) is 0.638. The second-order valence-corrected chi connectivity index (χ2v) is 5.37. The fourth-order valence-electron chi connectivity index (χ4n) is 1.72. The molecule has 120 valence electrons. The molecule has 0 fully saturated rings. The summed E-state index contributed by atoms with van der Waals surface area (Å²) < 4.78 is 45.2. The molecular weight excluding hydrogens is 319 g/mol. The maximum Gasteiger partial charge on any atom is 0.419 e. The number of aromatic nitrogens is 3. The lowest BCUT2D eigenvalue weighted by molar-refractivity contribution is -0.138. The van der Waals surface area contributed by atoms with Gasteiger partial charge in [0.2, 0.25) is 0 Å². The summed E-state index contributed by atoms with van der Waals surface area (Å²) >= 11 is 1.29. The molecule has 1 N–H and O–H groups in total. The number of aliphatic hydroxyl groups excluding tert-OH is 1. The zero-order valence-corrected chi connectivity index (χ0v) is 12.5. The van der Waals surface area contributed by atoms with Crippen molar-refractivity contribution in [1.82, 2.24) is 14.8 Å². The highest BCUT2D eigenvalue weighted by atomic mass is 32.2. The highest BCUT2D eigenvalue weighted by molar-refractivity contribution is 7.99. The van der Waals surface area contributed by atoms with Crippen molar-refractivity contribution in [2.75, 3.05) is 12.4 Å². The number of rotatable bonds is 6. The summed E-state index contributed by atoms with van der Waals surface area (Å²) in [5.41, 5.74) is -0.791. The number of nitrogens with zero attached hydrogens (tertiary/aromatic N) is 3. The highest BCUT2D eigenvalue weighted by Crippen LogP contribution is 2.35. The van der Waals surface area contributed by atoms with Gasteiger partial charge in [0.15, 0.2) is 11.0 Å². The molecule has 0 bridgehead atoms. The van der Waals surface area contributed by atoms with Gasteiger partial charge in [-0.25, -0.2) is 0 Å². The van der Waals surface area contributed by atoms with Gasteiger partial charge >= 0.3 is 6.18 Å². The Labute approximate surface area is 129 Å². The number of thioether (sulfide) groups is 1. The molecule has 0 radical (unpaired) electrons. The van der Waals surface area contributed by atoms with E-state index in [1.165, 1.54) is 30.0 Å². The SMILES string of the molecule is Cn1c(CO)nnc1SCCOc1ccccc1C(F)(F)F. The number of hydrogen-bond acceptors (Lipinski definition) is 5. The Kier molecular flexibility index (Phi) is 5.30. The van der Waals surface area contributed by atoms with Crippen molar-refractivity contribution >= 4 is 11.8 Å². The monoisotopic (exact) mass is 333 g/mol. The normalized spacial score (nSPS) is 11.7. The first-order chi connectivity index (χ1) is 10.4. The first-order valence-corrected chi connectivity index (χ1v) is 7.33. The molecule has 0 aliphatic carbocycles. The number of halogens is 3. The number of para-hydroxylation sites is 1. The van der Waals surface area contributed by atoms with E-state index in [-0.39, 0.29) is 19.0 Å². The molecule has 1 heterocycles. The van der Waals surface area contributed by atoms with E-state index in [1.54, 1.807) is 11.6 Å². The van der Waals surface area contributed by atoms with Crippen LogP contribution in [0.25, 0.3) is 0 Å². The molecule has 0 aliphatic rings. The van der Waals surface area contributed by atoms with Crippen molar-refractivity contribution in [2.24, 2.45) is 7.05 Å². The zero-order valence-electron chi connectivity index (χ0n) is 11.7. The summed E-state index contributed by atoms with van der Waals surface area (Å²) in [6, 6.07) is 5.09. The summed E-state index contributed by atoms with van der Waals surface area (Å²) in [6.07, 6.45) is -4.44. The van der Waals surface area contributed by atoms with E-state index >= 15 is 0 Å². The van der Waals surface area contributed by atoms with Crippen LogP contribution in [0, 0.1) is 0 Å². The second kappa shape index (κ2) is 7.01. The molecule has 0 saturated heterocycles. The van der Waals surface area contributed by atoms with Crippen LogP contribution < -0.4 is 4.74 Å². The third kappa shape index (κ3) is 3.92. The van der Waals surface area contributed by atoms with E-state index in [1.807, 2.05) is 0 Å². The molecule has 9 heteroatoms. The Morgan fingerprint density at radius 3 is 2.64 bits per heavy atom. The van der Waals surface area contributed by atoms with Crippen LogP contribution >= 0.6 is 11.8 Å². The molecule has 5 nitrogen and oxygen atoms in total. The van der Waals surface area contributed by atoms with Gasteiger partial charge in [-0.15, -0.1) is 10.2 Å². The van der Waals surface area contributed by atoms with Gasteiger partial charge in [0.25, 0.3) is 0 Å². The number of ether oxygens (including phenoxy) is 1. The number of alkyl halides is 3. The standard InChI is InChI=1S/C13H14F3N3O2S/c1-19-11(8-20)17-18-12(19)22-7-6-21-10-5-3-2-4-9(10)13(14,15)16/h2-5,20H,6-8H2,1H3. The molecule has 0 unspecified atom stereocenters. The smallest absolute Gasteiger partial charge is 0.419 e. The van der Waals surface area contributed by atoms with Crippen LogP contribution in [-0.2, 0) is 19.8 Å². The molecule has 22 heavy (non-hydrogen) atoms. The fourth-order valence-corrected chi connectivity index (χ4v) is 2.47. The molecule has 1 aromatic carbocycles. The predicted octanol–water partition coefficient (Wildman–Crippen LogP) is 2.50. The fraction of sp³-hybridized carbons (Fsp3) is 0.385. The average molecular weight is 333 g/mol. The summed E-state index contributed by atoms with van der Waals surface area (Å²) in [5, 5.41) is 17.2. The first-order valence-electron chi connectivity index (χ1n) is 6.34.